The quantitative estimate of drug-likeness (QED) is 0.536. The second-order valence-corrected chi connectivity index (χ2v) is 8.25. The Morgan fingerprint density at radius 1 is 1.23 bits per heavy atom. The molecule has 0 atom stereocenters. The number of benzene rings is 1. The van der Waals surface area contributed by atoms with E-state index >= 15 is 0 Å². The molecule has 1 aromatic carbocycles. The molecular formula is C22H33F3N2O4. The maximum absolute atomic E-state index is 13.3. The van der Waals surface area contributed by atoms with Gasteiger partial charge in [0.25, 0.3) is 6.47 Å². The highest BCUT2D eigenvalue weighted by molar-refractivity contribution is 5.93. The van der Waals surface area contributed by atoms with Gasteiger partial charge < -0.3 is 19.7 Å². The van der Waals surface area contributed by atoms with Crippen LogP contribution in [0.1, 0.15) is 62.0 Å². The summed E-state index contributed by atoms with van der Waals surface area (Å²) in [6, 6.07) is 2.18. The lowest BCUT2D eigenvalue weighted by atomic mass is 9.98. The molecule has 1 heterocycles. The Kier molecular flexibility index (Phi) is 9.80. The van der Waals surface area contributed by atoms with Gasteiger partial charge in [0.1, 0.15) is 5.60 Å². The normalized spacial score (nSPS) is 14.9. The smallest absolute Gasteiger partial charge is 0.416 e. The van der Waals surface area contributed by atoms with Gasteiger partial charge in [-0.1, -0.05) is 0 Å². The van der Waals surface area contributed by atoms with Crippen LogP contribution in [0.5, 0.6) is 0 Å². The molecule has 2 rings (SSSR count). The standard InChI is InChI=1S/C17H23F3N2O2.C5H10O2/c1-4-22(13-5-7-21-8-6-13)15-10-12(17(18,19)20)9-14(11(15)2)16(23)24-3;1-5(2,3)7-4-6/h9-10,13,21H,4-8H2,1-3H3;4H,1-3H3. The number of esters is 1. The molecule has 0 aromatic heterocycles. The first kappa shape index (κ1) is 26.7. The first-order valence-electron chi connectivity index (χ1n) is 10.2. The highest BCUT2D eigenvalue weighted by Crippen LogP contribution is 2.36. The monoisotopic (exact) mass is 446 g/mol. The molecule has 0 bridgehead atoms. The van der Waals surface area contributed by atoms with Crippen LogP contribution in [-0.4, -0.2) is 50.8 Å². The van der Waals surface area contributed by atoms with Crippen LogP contribution in [0.4, 0.5) is 18.9 Å². The fraction of sp³-hybridized carbons (Fsp3) is 0.636. The molecule has 0 radical (unpaired) electrons. The van der Waals surface area contributed by atoms with Crippen LogP contribution >= 0.6 is 0 Å². The molecule has 1 aromatic rings. The minimum atomic E-state index is -4.52. The van der Waals surface area contributed by atoms with E-state index in [9.17, 15) is 22.8 Å². The molecular weight excluding hydrogens is 413 g/mol. The lowest BCUT2D eigenvalue weighted by Crippen LogP contribution is -2.43. The second kappa shape index (κ2) is 11.4. The topological polar surface area (TPSA) is 67.9 Å². The van der Waals surface area contributed by atoms with Gasteiger partial charge in [0.15, 0.2) is 0 Å². The number of nitrogens with zero attached hydrogens (tertiary/aromatic N) is 1. The minimum Gasteiger partial charge on any atom is -0.465 e. The Morgan fingerprint density at radius 2 is 1.81 bits per heavy atom. The number of hydrogen-bond acceptors (Lipinski definition) is 6. The maximum atomic E-state index is 13.3. The highest BCUT2D eigenvalue weighted by Gasteiger charge is 2.34. The molecule has 1 aliphatic rings. The van der Waals surface area contributed by atoms with E-state index in [4.69, 9.17) is 0 Å². The van der Waals surface area contributed by atoms with Crippen LogP contribution in [0.3, 0.4) is 0 Å². The molecule has 9 heteroatoms. The third-order valence-corrected chi connectivity index (χ3v) is 4.91. The van der Waals surface area contributed by atoms with Crippen molar-refractivity contribution in [2.24, 2.45) is 0 Å². The van der Waals surface area contributed by atoms with Crippen molar-refractivity contribution in [3.05, 3.63) is 28.8 Å². The Labute approximate surface area is 182 Å². The molecule has 31 heavy (non-hydrogen) atoms. The van der Waals surface area contributed by atoms with E-state index in [1.54, 1.807) is 6.92 Å². The van der Waals surface area contributed by atoms with E-state index < -0.39 is 17.7 Å². The van der Waals surface area contributed by atoms with Gasteiger partial charge in [-0.3, -0.25) is 4.79 Å². The van der Waals surface area contributed by atoms with Gasteiger partial charge in [0, 0.05) is 18.3 Å². The second-order valence-electron chi connectivity index (χ2n) is 8.25. The number of alkyl halides is 3. The predicted octanol–water partition coefficient (Wildman–Crippen LogP) is 4.34. The third kappa shape index (κ3) is 8.05. The molecule has 0 saturated carbocycles. The SMILES string of the molecule is CC(C)(C)OC=O.CCN(c1cc(C(F)(F)F)cc(C(=O)OC)c1C)C1CCNCC1. The summed E-state index contributed by atoms with van der Waals surface area (Å²) in [4.78, 5) is 23.5. The third-order valence-electron chi connectivity index (χ3n) is 4.91. The molecule has 6 nitrogen and oxygen atoms in total. The van der Waals surface area contributed by atoms with Crippen molar-refractivity contribution in [3.8, 4) is 0 Å². The highest BCUT2D eigenvalue weighted by atomic mass is 19.4. The number of piperidine rings is 1. The zero-order chi connectivity index (χ0) is 23.8. The van der Waals surface area contributed by atoms with Crippen LogP contribution < -0.4 is 10.2 Å². The minimum absolute atomic E-state index is 0.0327. The van der Waals surface area contributed by atoms with Gasteiger partial charge in [-0.05, 0) is 78.2 Å². The Bertz CT molecular complexity index is 739. The Balaban J connectivity index is 0.000000592. The number of hydrogen-bond donors (Lipinski definition) is 1. The fourth-order valence-corrected chi connectivity index (χ4v) is 3.37. The number of ether oxygens (including phenoxy) is 2. The maximum Gasteiger partial charge on any atom is 0.416 e. The Morgan fingerprint density at radius 3 is 2.19 bits per heavy atom. The summed E-state index contributed by atoms with van der Waals surface area (Å²) in [5.74, 6) is -0.749. The number of anilines is 1. The largest absolute Gasteiger partial charge is 0.465 e. The zero-order valence-corrected chi connectivity index (χ0v) is 19.1. The van der Waals surface area contributed by atoms with Crippen molar-refractivity contribution in [1.82, 2.24) is 5.32 Å². The molecule has 0 aliphatic carbocycles. The van der Waals surface area contributed by atoms with Crippen molar-refractivity contribution in [3.63, 3.8) is 0 Å². The summed E-state index contributed by atoms with van der Waals surface area (Å²) in [6.07, 6.45) is -2.80. The fourth-order valence-electron chi connectivity index (χ4n) is 3.37. The molecule has 0 amide bonds. The van der Waals surface area contributed by atoms with E-state index in [1.807, 2.05) is 32.6 Å². The molecule has 0 unspecified atom stereocenters. The van der Waals surface area contributed by atoms with E-state index in [0.717, 1.165) is 38.1 Å². The number of carbonyl (C=O) groups is 2. The summed E-state index contributed by atoms with van der Waals surface area (Å²) in [5.41, 5.74) is -0.192. The number of nitrogens with one attached hydrogen (secondary N) is 1. The summed E-state index contributed by atoms with van der Waals surface area (Å²) < 4.78 is 49.0. The van der Waals surface area contributed by atoms with Crippen LogP contribution in [-0.2, 0) is 20.4 Å². The van der Waals surface area contributed by atoms with Crippen molar-refractivity contribution >= 4 is 18.1 Å². The van der Waals surface area contributed by atoms with Gasteiger partial charge in [-0.25, -0.2) is 4.79 Å². The van der Waals surface area contributed by atoms with Gasteiger partial charge in [-0.15, -0.1) is 0 Å². The number of halogens is 3. The van der Waals surface area contributed by atoms with E-state index in [2.05, 4.69) is 14.8 Å². The molecule has 0 spiro atoms. The van der Waals surface area contributed by atoms with Crippen molar-refractivity contribution in [2.45, 2.75) is 65.3 Å². The van der Waals surface area contributed by atoms with E-state index in [-0.39, 0.29) is 17.2 Å². The molecule has 1 aliphatic heterocycles. The van der Waals surface area contributed by atoms with E-state index in [1.165, 1.54) is 7.11 Å². The lowest BCUT2D eigenvalue weighted by molar-refractivity contribution is -0.139. The van der Waals surface area contributed by atoms with Crippen LogP contribution in [0.25, 0.3) is 0 Å². The van der Waals surface area contributed by atoms with Gasteiger partial charge in [0.2, 0.25) is 0 Å². The molecule has 176 valence electrons. The summed E-state index contributed by atoms with van der Waals surface area (Å²) >= 11 is 0. The number of methoxy groups -OCH3 is 1. The lowest BCUT2D eigenvalue weighted by Gasteiger charge is -2.37. The van der Waals surface area contributed by atoms with Crippen molar-refractivity contribution in [2.75, 3.05) is 31.6 Å². The Hall–Kier alpha value is -2.29. The average Bonchev–Trinajstić information content (AvgIpc) is 2.68. The summed E-state index contributed by atoms with van der Waals surface area (Å²) in [6.45, 7) is 11.8. The number of carbonyl (C=O) groups excluding carboxylic acids is 2. The van der Waals surface area contributed by atoms with Gasteiger partial charge in [0.05, 0.1) is 18.2 Å². The van der Waals surface area contributed by atoms with Crippen LogP contribution in [0, 0.1) is 6.92 Å². The van der Waals surface area contributed by atoms with E-state index in [0.29, 0.717) is 24.3 Å². The first-order valence-corrected chi connectivity index (χ1v) is 10.2. The molecule has 1 fully saturated rings. The summed E-state index contributed by atoms with van der Waals surface area (Å²) in [5, 5.41) is 3.25. The molecule has 1 saturated heterocycles. The predicted molar refractivity (Wildman–Crippen MR) is 113 cm³/mol. The molecule has 1 N–H and O–H groups in total. The van der Waals surface area contributed by atoms with Gasteiger partial charge >= 0.3 is 12.1 Å². The van der Waals surface area contributed by atoms with Crippen molar-refractivity contribution < 1.29 is 32.2 Å². The summed E-state index contributed by atoms with van der Waals surface area (Å²) in [7, 11) is 1.17. The van der Waals surface area contributed by atoms with Crippen LogP contribution in [0.15, 0.2) is 12.1 Å². The zero-order valence-electron chi connectivity index (χ0n) is 19.1. The van der Waals surface area contributed by atoms with Gasteiger partial charge in [-0.2, -0.15) is 13.2 Å². The number of rotatable bonds is 5. The first-order chi connectivity index (χ1) is 14.4. The average molecular weight is 447 g/mol. The van der Waals surface area contributed by atoms with Crippen LogP contribution in [0.2, 0.25) is 0 Å². The van der Waals surface area contributed by atoms with Crippen molar-refractivity contribution in [1.29, 1.82) is 0 Å².